The summed E-state index contributed by atoms with van der Waals surface area (Å²) in [6.07, 6.45) is 8.75. The van der Waals surface area contributed by atoms with Crippen LogP contribution in [-0.2, 0) is 9.59 Å². The molecule has 0 radical (unpaired) electrons. The highest BCUT2D eigenvalue weighted by Crippen LogP contribution is 2.66. The molecule has 4 aliphatic carbocycles. The van der Waals surface area contributed by atoms with Gasteiger partial charge >= 0.3 is 0 Å². The van der Waals surface area contributed by atoms with Crippen LogP contribution in [0.25, 0.3) is 0 Å². The second kappa shape index (κ2) is 6.88. The number of Topliss-reactive ketones (excluding diaryl/α,β-unsaturated/α-hetero) is 2. The zero-order valence-electron chi connectivity index (χ0n) is 19.7. The molecule has 6 rings (SSSR count). The molecule has 31 heavy (non-hydrogen) atoms. The van der Waals surface area contributed by atoms with Gasteiger partial charge in [-0.25, -0.2) is 0 Å². The Morgan fingerprint density at radius 2 is 1.71 bits per heavy atom. The van der Waals surface area contributed by atoms with Crippen LogP contribution in [0.3, 0.4) is 0 Å². The van der Waals surface area contributed by atoms with Crippen molar-refractivity contribution in [3.8, 4) is 0 Å². The minimum Gasteiger partial charge on any atom is -0.388 e. The molecule has 0 aromatic heterocycles. The summed E-state index contributed by atoms with van der Waals surface area (Å²) >= 11 is 0. The van der Waals surface area contributed by atoms with Crippen LogP contribution in [0.4, 0.5) is 0 Å². The average molecular weight is 428 g/mol. The normalized spacial score (nSPS) is 56.8. The van der Waals surface area contributed by atoms with Crippen molar-refractivity contribution in [2.75, 3.05) is 13.1 Å². The third kappa shape index (κ3) is 2.86. The summed E-state index contributed by atoms with van der Waals surface area (Å²) in [5.74, 6) is 4.81. The van der Waals surface area contributed by atoms with E-state index in [0.29, 0.717) is 66.0 Å². The molecule has 11 atom stereocenters. The fraction of sp³-hybridized carbons (Fsp3) is 0.926. The first-order chi connectivity index (χ1) is 14.7. The van der Waals surface area contributed by atoms with Gasteiger partial charge in [0.2, 0.25) is 0 Å². The molecule has 4 nitrogen and oxygen atoms in total. The van der Waals surface area contributed by atoms with E-state index >= 15 is 0 Å². The zero-order chi connectivity index (χ0) is 21.7. The minimum absolute atomic E-state index is 0.0206. The summed E-state index contributed by atoms with van der Waals surface area (Å²) in [6.45, 7) is 9.15. The van der Waals surface area contributed by atoms with Crippen LogP contribution in [0.1, 0.15) is 78.6 Å². The van der Waals surface area contributed by atoms with E-state index in [-0.39, 0.29) is 11.3 Å². The SMILES string of the molecule is CC1CC[C@@H]2N(C1)CC1C(CC[C@H]3C4CC(=O)[C@H]5CC(=O)CCC5(C)[C@H]4C[C@@H]13)[C@@]2(C)O. The number of hydrogen-bond donors (Lipinski definition) is 1. The molecule has 1 N–H and O–H groups in total. The molecule has 0 amide bonds. The van der Waals surface area contributed by atoms with Gasteiger partial charge in [-0.3, -0.25) is 14.5 Å². The molecule has 0 bridgehead atoms. The largest absolute Gasteiger partial charge is 0.388 e. The van der Waals surface area contributed by atoms with Gasteiger partial charge in [0.1, 0.15) is 11.6 Å². The van der Waals surface area contributed by atoms with Gasteiger partial charge in [0, 0.05) is 44.3 Å². The van der Waals surface area contributed by atoms with Crippen molar-refractivity contribution in [1.29, 1.82) is 0 Å². The van der Waals surface area contributed by atoms with Crippen molar-refractivity contribution in [3.05, 3.63) is 0 Å². The Bertz CT molecular complexity index is 791. The van der Waals surface area contributed by atoms with Crippen LogP contribution in [0.2, 0.25) is 0 Å². The summed E-state index contributed by atoms with van der Waals surface area (Å²) in [5.41, 5.74) is -0.554. The van der Waals surface area contributed by atoms with Crippen molar-refractivity contribution in [1.82, 2.24) is 4.90 Å². The second-order valence-electron chi connectivity index (χ2n) is 13.0. The van der Waals surface area contributed by atoms with Crippen LogP contribution in [0.15, 0.2) is 0 Å². The summed E-state index contributed by atoms with van der Waals surface area (Å²) in [6, 6.07) is 0.331. The highest BCUT2D eigenvalue weighted by atomic mass is 16.3. The van der Waals surface area contributed by atoms with Crippen LogP contribution in [0.5, 0.6) is 0 Å². The van der Waals surface area contributed by atoms with Gasteiger partial charge in [0.15, 0.2) is 0 Å². The van der Waals surface area contributed by atoms with E-state index < -0.39 is 5.60 Å². The average Bonchev–Trinajstić information content (AvgIpc) is 3.09. The Balaban J connectivity index is 1.31. The summed E-state index contributed by atoms with van der Waals surface area (Å²) in [4.78, 5) is 28.0. The highest BCUT2D eigenvalue weighted by Gasteiger charge is 2.64. The number of carbonyl (C=O) groups is 2. The molecule has 2 aliphatic heterocycles. The molecule has 5 unspecified atom stereocenters. The van der Waals surface area contributed by atoms with Crippen molar-refractivity contribution in [2.24, 2.45) is 52.8 Å². The quantitative estimate of drug-likeness (QED) is 0.632. The van der Waals surface area contributed by atoms with E-state index in [1.165, 1.54) is 19.3 Å². The zero-order valence-corrected chi connectivity index (χ0v) is 19.7. The molecule has 4 heteroatoms. The lowest BCUT2D eigenvalue weighted by Crippen LogP contribution is -2.67. The van der Waals surface area contributed by atoms with E-state index in [9.17, 15) is 14.7 Å². The maximum atomic E-state index is 13.2. The molecule has 172 valence electrons. The monoisotopic (exact) mass is 427 g/mol. The molecule has 2 heterocycles. The van der Waals surface area contributed by atoms with E-state index in [2.05, 4.69) is 25.7 Å². The van der Waals surface area contributed by atoms with Crippen LogP contribution in [0, 0.1) is 52.8 Å². The number of hydrogen-bond acceptors (Lipinski definition) is 4. The second-order valence-corrected chi connectivity index (χ2v) is 13.0. The van der Waals surface area contributed by atoms with Gasteiger partial charge in [-0.15, -0.1) is 0 Å². The Kier molecular flexibility index (Phi) is 4.63. The number of piperidine rings is 2. The maximum absolute atomic E-state index is 13.2. The number of aliphatic hydroxyl groups is 1. The topological polar surface area (TPSA) is 57.6 Å². The van der Waals surface area contributed by atoms with Gasteiger partial charge in [0.05, 0.1) is 5.60 Å². The summed E-state index contributed by atoms with van der Waals surface area (Å²) in [7, 11) is 0. The fourth-order valence-electron chi connectivity index (χ4n) is 10.2. The Morgan fingerprint density at radius 3 is 2.52 bits per heavy atom. The minimum atomic E-state index is -0.582. The molecular weight excluding hydrogens is 386 g/mol. The third-order valence-electron chi connectivity index (χ3n) is 11.7. The molecule has 0 spiro atoms. The maximum Gasteiger partial charge on any atom is 0.137 e. The fourth-order valence-corrected chi connectivity index (χ4v) is 10.2. The lowest BCUT2D eigenvalue weighted by molar-refractivity contribution is -0.175. The Morgan fingerprint density at radius 1 is 0.903 bits per heavy atom. The Labute approximate surface area is 187 Å². The predicted octanol–water partition coefficient (Wildman–Crippen LogP) is 4.09. The van der Waals surface area contributed by atoms with Crippen molar-refractivity contribution in [3.63, 3.8) is 0 Å². The molecule has 4 saturated carbocycles. The van der Waals surface area contributed by atoms with E-state index in [0.717, 1.165) is 44.7 Å². The van der Waals surface area contributed by atoms with Gasteiger partial charge in [-0.05, 0) is 92.3 Å². The van der Waals surface area contributed by atoms with Gasteiger partial charge < -0.3 is 5.11 Å². The molecule has 2 saturated heterocycles. The van der Waals surface area contributed by atoms with E-state index in [1.54, 1.807) is 0 Å². The number of rotatable bonds is 0. The number of ketones is 2. The number of fused-ring (bicyclic) bond motifs is 8. The van der Waals surface area contributed by atoms with Crippen LogP contribution in [-0.4, -0.2) is 46.3 Å². The van der Waals surface area contributed by atoms with E-state index in [1.807, 2.05) is 0 Å². The molecule has 0 aromatic rings. The highest BCUT2D eigenvalue weighted by molar-refractivity contribution is 5.90. The third-order valence-corrected chi connectivity index (χ3v) is 11.7. The smallest absolute Gasteiger partial charge is 0.137 e. The molecule has 6 aliphatic rings. The van der Waals surface area contributed by atoms with Crippen molar-refractivity contribution in [2.45, 2.75) is 90.2 Å². The lowest BCUT2D eigenvalue weighted by atomic mass is 9.52. The summed E-state index contributed by atoms with van der Waals surface area (Å²) in [5, 5.41) is 11.8. The van der Waals surface area contributed by atoms with Crippen LogP contribution < -0.4 is 0 Å². The van der Waals surface area contributed by atoms with E-state index in [4.69, 9.17) is 0 Å². The molecule has 0 aromatic carbocycles. The predicted molar refractivity (Wildman–Crippen MR) is 119 cm³/mol. The van der Waals surface area contributed by atoms with Crippen molar-refractivity contribution >= 4 is 11.6 Å². The lowest BCUT2D eigenvalue weighted by Gasteiger charge is -2.59. The van der Waals surface area contributed by atoms with Crippen LogP contribution >= 0.6 is 0 Å². The first-order valence-electron chi connectivity index (χ1n) is 13.2. The first-order valence-corrected chi connectivity index (χ1v) is 13.2. The first kappa shape index (κ1) is 20.8. The van der Waals surface area contributed by atoms with Gasteiger partial charge in [-0.2, -0.15) is 0 Å². The molecular formula is C27H41NO3. The Hall–Kier alpha value is -0.740. The number of carbonyl (C=O) groups excluding carboxylic acids is 2. The van der Waals surface area contributed by atoms with Gasteiger partial charge in [0.25, 0.3) is 0 Å². The molecule has 6 fully saturated rings. The number of nitrogens with zero attached hydrogens (tertiary/aromatic N) is 1. The standard InChI is InChI=1S/C27H41NO3/c1-15-4-7-25-27(3,31)21-6-5-17-18(20(21)14-28(25)13-15)11-22-19(17)12-24(30)23-10-16(29)8-9-26(22,23)2/h15,17-23,25,31H,4-14H2,1-3H3/t15?,17-,18-,19?,20?,21?,22+,23-,25+,26?,27-/m1/s1. The van der Waals surface area contributed by atoms with Crippen molar-refractivity contribution < 1.29 is 14.7 Å². The summed E-state index contributed by atoms with van der Waals surface area (Å²) < 4.78 is 0. The van der Waals surface area contributed by atoms with Gasteiger partial charge in [-0.1, -0.05) is 13.8 Å².